The number of benzene rings is 1. The first-order valence-electron chi connectivity index (χ1n) is 7.01. The Labute approximate surface area is 122 Å². The van der Waals surface area contributed by atoms with Gasteiger partial charge in [-0.15, -0.1) is 0 Å². The van der Waals surface area contributed by atoms with Crippen LogP contribution in [0.15, 0.2) is 24.3 Å². The first-order chi connectivity index (χ1) is 9.57. The zero-order valence-electron chi connectivity index (χ0n) is 11.4. The molecule has 0 aromatic heterocycles. The van der Waals surface area contributed by atoms with Crippen molar-refractivity contribution in [3.63, 3.8) is 0 Å². The summed E-state index contributed by atoms with van der Waals surface area (Å²) in [5.74, 6) is 2.03. The molecule has 0 aliphatic carbocycles. The van der Waals surface area contributed by atoms with E-state index in [1.165, 1.54) is 25.0 Å². The predicted molar refractivity (Wildman–Crippen MR) is 77.8 cm³/mol. The van der Waals surface area contributed by atoms with Crippen LogP contribution in [0.1, 0.15) is 30.4 Å². The van der Waals surface area contributed by atoms with Crippen LogP contribution in [0.3, 0.4) is 0 Å². The molecule has 1 fully saturated rings. The summed E-state index contributed by atoms with van der Waals surface area (Å²) in [6.45, 7) is 2.10. The Balaban J connectivity index is 1.87. The molecule has 0 bridgehead atoms. The van der Waals surface area contributed by atoms with Crippen molar-refractivity contribution < 1.29 is 13.2 Å². The smallest absolute Gasteiger partial charge is 0.317 e. The lowest BCUT2D eigenvalue weighted by molar-refractivity contribution is -0.138. The van der Waals surface area contributed by atoms with Gasteiger partial charge in [-0.25, -0.2) is 0 Å². The summed E-state index contributed by atoms with van der Waals surface area (Å²) in [6, 6.07) is 5.89. The Bertz CT molecular complexity index is 412. The predicted octanol–water partition coefficient (Wildman–Crippen LogP) is 4.33. The summed E-state index contributed by atoms with van der Waals surface area (Å²) < 4.78 is 38.6. The maximum Gasteiger partial charge on any atom is 0.416 e. The number of rotatable bonds is 4. The minimum absolute atomic E-state index is 0.400. The fourth-order valence-electron chi connectivity index (χ4n) is 2.52. The normalized spacial score (nSPS) is 20.6. The van der Waals surface area contributed by atoms with Crippen molar-refractivity contribution >= 4 is 11.8 Å². The molecule has 1 saturated heterocycles. The molecule has 5 heteroatoms. The second kappa shape index (κ2) is 7.36. The molecular weight excluding hydrogens is 283 g/mol. The van der Waals surface area contributed by atoms with Crippen molar-refractivity contribution in [2.45, 2.75) is 31.2 Å². The third-order valence-electron chi connectivity index (χ3n) is 3.63. The summed E-state index contributed by atoms with van der Waals surface area (Å²) in [5, 5.41) is 3.36. The Morgan fingerprint density at radius 3 is 2.75 bits per heavy atom. The van der Waals surface area contributed by atoms with E-state index in [4.69, 9.17) is 0 Å². The quantitative estimate of drug-likeness (QED) is 0.888. The Kier molecular flexibility index (Phi) is 5.78. The van der Waals surface area contributed by atoms with Crippen LogP contribution in [0.4, 0.5) is 13.2 Å². The molecule has 1 N–H and O–H groups in total. The van der Waals surface area contributed by atoms with E-state index in [9.17, 15) is 13.2 Å². The van der Waals surface area contributed by atoms with E-state index in [-0.39, 0.29) is 0 Å². The van der Waals surface area contributed by atoms with Gasteiger partial charge in [0.2, 0.25) is 0 Å². The number of hydrogen-bond acceptors (Lipinski definition) is 2. The summed E-state index contributed by atoms with van der Waals surface area (Å²) in [5.41, 5.74) is -0.0909. The van der Waals surface area contributed by atoms with E-state index >= 15 is 0 Å². The third kappa shape index (κ3) is 4.70. The fraction of sp³-hybridized carbons (Fsp3) is 0.600. The van der Waals surface area contributed by atoms with Crippen molar-refractivity contribution in [3.8, 4) is 0 Å². The van der Waals surface area contributed by atoms with E-state index in [1.54, 1.807) is 23.9 Å². The van der Waals surface area contributed by atoms with E-state index in [2.05, 4.69) is 5.32 Å². The highest BCUT2D eigenvalue weighted by Crippen LogP contribution is 2.34. The average molecular weight is 303 g/mol. The van der Waals surface area contributed by atoms with Crippen LogP contribution in [0, 0.1) is 5.92 Å². The molecule has 0 radical (unpaired) electrons. The highest BCUT2D eigenvalue weighted by molar-refractivity contribution is 7.98. The second-order valence-corrected chi connectivity index (χ2v) is 6.25. The molecule has 1 aliphatic rings. The first kappa shape index (κ1) is 15.7. The van der Waals surface area contributed by atoms with Crippen molar-refractivity contribution in [2.24, 2.45) is 5.92 Å². The molecule has 20 heavy (non-hydrogen) atoms. The first-order valence-corrected chi connectivity index (χ1v) is 8.16. The van der Waals surface area contributed by atoms with Crippen LogP contribution in [-0.2, 0) is 11.9 Å². The summed E-state index contributed by atoms with van der Waals surface area (Å²) in [7, 11) is 0. The number of nitrogens with one attached hydrogen (secondary N) is 1. The number of alkyl halides is 3. The van der Waals surface area contributed by atoms with Crippen LogP contribution in [0.5, 0.6) is 0 Å². The van der Waals surface area contributed by atoms with Crippen molar-refractivity contribution in [1.29, 1.82) is 0 Å². The van der Waals surface area contributed by atoms with E-state index < -0.39 is 11.7 Å². The van der Waals surface area contributed by atoms with E-state index in [1.807, 2.05) is 0 Å². The van der Waals surface area contributed by atoms with Gasteiger partial charge in [0.1, 0.15) is 0 Å². The maximum absolute atomic E-state index is 12.9. The highest BCUT2D eigenvalue weighted by Gasteiger charge is 2.32. The molecule has 1 heterocycles. The van der Waals surface area contributed by atoms with Crippen LogP contribution >= 0.6 is 11.8 Å². The van der Waals surface area contributed by atoms with Crippen molar-refractivity contribution in [1.82, 2.24) is 5.32 Å². The summed E-state index contributed by atoms with van der Waals surface area (Å²) in [4.78, 5) is 0. The summed E-state index contributed by atoms with van der Waals surface area (Å²) >= 11 is 1.62. The molecule has 1 aromatic rings. The molecular formula is C15H20F3NS. The van der Waals surface area contributed by atoms with Crippen LogP contribution in [0.25, 0.3) is 0 Å². The van der Waals surface area contributed by atoms with Crippen LogP contribution < -0.4 is 5.32 Å². The Morgan fingerprint density at radius 1 is 1.15 bits per heavy atom. The molecule has 0 saturated carbocycles. The molecule has 112 valence electrons. The van der Waals surface area contributed by atoms with Crippen LogP contribution in [0.2, 0.25) is 0 Å². The monoisotopic (exact) mass is 303 g/mol. The van der Waals surface area contributed by atoms with Gasteiger partial charge in [-0.2, -0.15) is 24.9 Å². The lowest BCUT2D eigenvalue weighted by Crippen LogP contribution is -2.14. The van der Waals surface area contributed by atoms with Gasteiger partial charge >= 0.3 is 6.18 Å². The van der Waals surface area contributed by atoms with Gasteiger partial charge in [-0.3, -0.25) is 0 Å². The molecule has 0 amide bonds. The largest absolute Gasteiger partial charge is 0.416 e. The lowest BCUT2D eigenvalue weighted by Gasteiger charge is -2.15. The topological polar surface area (TPSA) is 12.0 Å². The van der Waals surface area contributed by atoms with Gasteiger partial charge < -0.3 is 5.32 Å². The molecule has 1 nitrogen and oxygen atoms in total. The lowest BCUT2D eigenvalue weighted by atomic mass is 10.0. The SMILES string of the molecule is FC(F)(F)c1ccccc1CSCC1CCCNCC1. The minimum Gasteiger partial charge on any atom is -0.317 e. The van der Waals surface area contributed by atoms with Gasteiger partial charge in [0.15, 0.2) is 0 Å². The van der Waals surface area contributed by atoms with E-state index in [0.29, 0.717) is 17.2 Å². The average Bonchev–Trinajstić information content (AvgIpc) is 2.67. The maximum atomic E-state index is 12.9. The third-order valence-corrected chi connectivity index (χ3v) is 4.85. The number of thioether (sulfide) groups is 1. The molecule has 1 aromatic carbocycles. The molecule has 0 spiro atoms. The Morgan fingerprint density at radius 2 is 1.95 bits per heavy atom. The van der Waals surface area contributed by atoms with Crippen LogP contribution in [-0.4, -0.2) is 18.8 Å². The van der Waals surface area contributed by atoms with Crippen molar-refractivity contribution in [3.05, 3.63) is 35.4 Å². The fourth-order valence-corrected chi connectivity index (χ4v) is 3.77. The van der Waals surface area contributed by atoms with Crippen molar-refractivity contribution in [2.75, 3.05) is 18.8 Å². The molecule has 1 atom stereocenters. The molecule has 1 aliphatic heterocycles. The standard InChI is InChI=1S/C15H20F3NS/c16-15(17,18)14-6-2-1-5-13(14)11-20-10-12-4-3-8-19-9-7-12/h1-2,5-6,12,19H,3-4,7-11H2. The minimum atomic E-state index is -4.25. The van der Waals surface area contributed by atoms with Gasteiger partial charge in [0.05, 0.1) is 5.56 Å². The zero-order valence-corrected chi connectivity index (χ0v) is 12.2. The van der Waals surface area contributed by atoms with Gasteiger partial charge in [-0.1, -0.05) is 18.2 Å². The number of halogens is 3. The van der Waals surface area contributed by atoms with E-state index in [0.717, 1.165) is 25.3 Å². The molecule has 2 rings (SSSR count). The van der Waals surface area contributed by atoms with Gasteiger partial charge in [-0.05, 0) is 55.7 Å². The zero-order chi connectivity index (χ0) is 14.4. The highest BCUT2D eigenvalue weighted by atomic mass is 32.2. The summed E-state index contributed by atoms with van der Waals surface area (Å²) in [6.07, 6.45) is -0.761. The van der Waals surface area contributed by atoms with Gasteiger partial charge in [0.25, 0.3) is 0 Å². The van der Waals surface area contributed by atoms with Gasteiger partial charge in [0, 0.05) is 5.75 Å². The second-order valence-electron chi connectivity index (χ2n) is 5.22. The number of hydrogen-bond donors (Lipinski definition) is 1. The Hall–Kier alpha value is -0.680. The molecule has 1 unspecified atom stereocenters.